The number of benzene rings is 2. The van der Waals surface area contributed by atoms with Crippen LogP contribution in [0, 0.1) is 13.8 Å². The third-order valence-electron chi connectivity index (χ3n) is 2.75. The van der Waals surface area contributed by atoms with E-state index in [1.807, 2.05) is 13.8 Å². The van der Waals surface area contributed by atoms with E-state index < -0.39 is 0 Å². The van der Waals surface area contributed by atoms with Crippen LogP contribution in [0.2, 0.25) is 0 Å². The van der Waals surface area contributed by atoms with E-state index in [0.717, 1.165) is 11.1 Å². The molecule has 19 heavy (non-hydrogen) atoms. The highest BCUT2D eigenvalue weighted by Crippen LogP contribution is 2.24. The van der Waals surface area contributed by atoms with Gasteiger partial charge in [-0.2, -0.15) is 0 Å². The second-order valence-electron chi connectivity index (χ2n) is 4.31. The second kappa shape index (κ2) is 5.56. The van der Waals surface area contributed by atoms with Crippen LogP contribution in [-0.4, -0.2) is 17.9 Å². The Labute approximate surface area is 112 Å². The summed E-state index contributed by atoms with van der Waals surface area (Å²) in [5.74, 6) is 1.74. The highest BCUT2D eigenvalue weighted by atomic mass is 16.6. The molecule has 0 aliphatic rings. The third kappa shape index (κ3) is 3.34. The van der Waals surface area contributed by atoms with Crippen molar-refractivity contribution in [1.29, 1.82) is 0 Å². The third-order valence-corrected chi connectivity index (χ3v) is 2.75. The molecule has 0 amide bonds. The van der Waals surface area contributed by atoms with Gasteiger partial charge in [0.1, 0.15) is 23.0 Å². The summed E-state index contributed by atoms with van der Waals surface area (Å²) >= 11 is 0. The SMILES string of the molecule is Cc1cc(O)ccc1OBOc1ccc(O)cc1C. The molecule has 0 aromatic heterocycles. The van der Waals surface area contributed by atoms with Crippen molar-refractivity contribution < 1.29 is 19.5 Å². The van der Waals surface area contributed by atoms with E-state index in [4.69, 9.17) is 9.31 Å². The second-order valence-corrected chi connectivity index (χ2v) is 4.31. The van der Waals surface area contributed by atoms with Crippen LogP contribution in [0.3, 0.4) is 0 Å². The maximum atomic E-state index is 9.29. The van der Waals surface area contributed by atoms with Gasteiger partial charge in [-0.1, -0.05) is 0 Å². The van der Waals surface area contributed by atoms with Gasteiger partial charge in [0.25, 0.3) is 0 Å². The van der Waals surface area contributed by atoms with Crippen molar-refractivity contribution in [3.63, 3.8) is 0 Å². The summed E-state index contributed by atoms with van der Waals surface area (Å²) in [5.41, 5.74) is 1.68. The Kier molecular flexibility index (Phi) is 3.85. The van der Waals surface area contributed by atoms with Gasteiger partial charge in [0.05, 0.1) is 0 Å². The predicted octanol–water partition coefficient (Wildman–Crippen LogP) is 2.44. The molecular formula is C14H15BO4. The van der Waals surface area contributed by atoms with Gasteiger partial charge in [0, 0.05) is 0 Å². The Morgan fingerprint density at radius 1 is 0.789 bits per heavy atom. The smallest absolute Gasteiger partial charge is 0.528 e. The Morgan fingerprint density at radius 3 is 1.58 bits per heavy atom. The van der Waals surface area contributed by atoms with Crippen LogP contribution >= 0.6 is 0 Å². The fourth-order valence-corrected chi connectivity index (χ4v) is 1.75. The summed E-state index contributed by atoms with van der Waals surface area (Å²) in [7, 11) is 0.0667. The molecule has 0 fully saturated rings. The number of rotatable bonds is 4. The molecule has 2 rings (SSSR count). The van der Waals surface area contributed by atoms with E-state index in [1.165, 1.54) is 0 Å². The number of hydrogen-bond donors (Lipinski definition) is 2. The van der Waals surface area contributed by atoms with E-state index >= 15 is 0 Å². The lowest BCUT2D eigenvalue weighted by Gasteiger charge is -2.11. The molecule has 0 bridgehead atoms. The van der Waals surface area contributed by atoms with Crippen LogP contribution in [0.15, 0.2) is 36.4 Å². The molecular weight excluding hydrogens is 243 g/mol. The van der Waals surface area contributed by atoms with Crippen molar-refractivity contribution >= 4 is 7.69 Å². The zero-order valence-corrected chi connectivity index (χ0v) is 10.9. The minimum Gasteiger partial charge on any atom is -0.528 e. The molecule has 2 aromatic carbocycles. The summed E-state index contributed by atoms with van der Waals surface area (Å²) in [6, 6.07) is 9.76. The van der Waals surface area contributed by atoms with Crippen LogP contribution in [0.5, 0.6) is 23.0 Å². The first-order valence-corrected chi connectivity index (χ1v) is 5.91. The lowest BCUT2D eigenvalue weighted by Crippen LogP contribution is -2.12. The Hall–Kier alpha value is -2.30. The normalized spacial score (nSPS) is 10.0. The average Bonchev–Trinajstić information content (AvgIpc) is 2.34. The van der Waals surface area contributed by atoms with Crippen LogP contribution in [-0.2, 0) is 0 Å². The van der Waals surface area contributed by atoms with Gasteiger partial charge >= 0.3 is 7.69 Å². The van der Waals surface area contributed by atoms with E-state index in [0.29, 0.717) is 11.5 Å². The maximum Gasteiger partial charge on any atom is 0.576 e. The van der Waals surface area contributed by atoms with Crippen molar-refractivity contribution in [2.45, 2.75) is 13.8 Å². The Morgan fingerprint density at radius 2 is 1.21 bits per heavy atom. The zero-order chi connectivity index (χ0) is 13.8. The molecule has 98 valence electrons. The number of hydrogen-bond acceptors (Lipinski definition) is 4. The van der Waals surface area contributed by atoms with E-state index in [9.17, 15) is 10.2 Å². The lowest BCUT2D eigenvalue weighted by molar-refractivity contribution is 0.446. The molecule has 2 N–H and O–H groups in total. The number of aromatic hydroxyl groups is 2. The van der Waals surface area contributed by atoms with E-state index in [2.05, 4.69) is 0 Å². The van der Waals surface area contributed by atoms with Crippen molar-refractivity contribution in [3.8, 4) is 23.0 Å². The Bertz CT molecular complexity index is 532. The topological polar surface area (TPSA) is 58.9 Å². The summed E-state index contributed by atoms with van der Waals surface area (Å²) < 4.78 is 11.0. The van der Waals surface area contributed by atoms with Gasteiger partial charge in [-0.3, -0.25) is 0 Å². The van der Waals surface area contributed by atoms with Crippen molar-refractivity contribution in [2.75, 3.05) is 0 Å². The molecule has 0 unspecified atom stereocenters. The van der Waals surface area contributed by atoms with Gasteiger partial charge in [-0.25, -0.2) is 0 Å². The minimum atomic E-state index is 0.0667. The number of phenolic OH excluding ortho intramolecular Hbond substituents is 2. The molecule has 0 saturated heterocycles. The molecule has 2 aromatic rings. The lowest BCUT2D eigenvalue weighted by atomic mass is 10.2. The Balaban J connectivity index is 1.96. The van der Waals surface area contributed by atoms with Gasteiger partial charge in [-0.15, -0.1) is 0 Å². The zero-order valence-electron chi connectivity index (χ0n) is 10.9. The largest absolute Gasteiger partial charge is 0.576 e. The number of aryl methyl sites for hydroxylation is 2. The fraction of sp³-hybridized carbons (Fsp3) is 0.143. The van der Waals surface area contributed by atoms with Crippen LogP contribution in [0.25, 0.3) is 0 Å². The molecule has 0 aliphatic carbocycles. The summed E-state index contributed by atoms with van der Waals surface area (Å²) in [6.07, 6.45) is 0. The van der Waals surface area contributed by atoms with Crippen LogP contribution < -0.4 is 9.31 Å². The first-order chi connectivity index (χ1) is 9.06. The van der Waals surface area contributed by atoms with Crippen molar-refractivity contribution in [3.05, 3.63) is 47.5 Å². The van der Waals surface area contributed by atoms with Crippen LogP contribution in [0.4, 0.5) is 0 Å². The molecule has 0 atom stereocenters. The van der Waals surface area contributed by atoms with E-state index in [1.54, 1.807) is 36.4 Å². The predicted molar refractivity (Wildman–Crippen MR) is 74.1 cm³/mol. The summed E-state index contributed by atoms with van der Waals surface area (Å²) in [6.45, 7) is 3.70. The summed E-state index contributed by atoms with van der Waals surface area (Å²) in [4.78, 5) is 0. The van der Waals surface area contributed by atoms with Crippen molar-refractivity contribution in [1.82, 2.24) is 0 Å². The molecule has 4 nitrogen and oxygen atoms in total. The quantitative estimate of drug-likeness (QED) is 0.827. The van der Waals surface area contributed by atoms with Gasteiger partial charge in [0.15, 0.2) is 0 Å². The standard InChI is InChI=1S/C14H15BO4/c1-9-7-11(16)3-5-13(9)18-15-19-14-6-4-12(17)8-10(14)2/h3-8,15-17H,1-2H3. The molecule has 0 radical (unpaired) electrons. The molecule has 0 saturated carbocycles. The molecule has 0 aliphatic heterocycles. The van der Waals surface area contributed by atoms with E-state index in [-0.39, 0.29) is 19.2 Å². The molecule has 0 heterocycles. The molecule has 0 spiro atoms. The first-order valence-electron chi connectivity index (χ1n) is 5.91. The fourth-order valence-electron chi connectivity index (χ4n) is 1.75. The van der Waals surface area contributed by atoms with Gasteiger partial charge in [0.2, 0.25) is 0 Å². The van der Waals surface area contributed by atoms with Crippen molar-refractivity contribution in [2.24, 2.45) is 0 Å². The number of phenols is 2. The molecule has 5 heteroatoms. The van der Waals surface area contributed by atoms with Gasteiger partial charge < -0.3 is 19.5 Å². The van der Waals surface area contributed by atoms with Gasteiger partial charge in [-0.05, 0) is 61.4 Å². The summed E-state index contributed by atoms with van der Waals surface area (Å²) in [5, 5.41) is 18.6. The highest BCUT2D eigenvalue weighted by molar-refractivity contribution is 6.20. The van der Waals surface area contributed by atoms with Crippen LogP contribution in [0.1, 0.15) is 11.1 Å². The highest BCUT2D eigenvalue weighted by Gasteiger charge is 2.05. The first kappa shape index (κ1) is 13.1. The minimum absolute atomic E-state index is 0.0667. The average molecular weight is 258 g/mol. The maximum absolute atomic E-state index is 9.29. The monoisotopic (exact) mass is 258 g/mol.